The molecule has 6 heteroatoms. The highest BCUT2D eigenvalue weighted by Gasteiger charge is 2.35. The molecule has 0 saturated heterocycles. The third-order valence-electron chi connectivity index (χ3n) is 3.02. The van der Waals surface area contributed by atoms with Crippen LogP contribution in [0.15, 0.2) is 64.8 Å². The molecule has 0 fully saturated rings. The van der Waals surface area contributed by atoms with E-state index in [1.807, 2.05) is 6.07 Å². The standard InChI is InChI=1S/C14H12N2O3S/c17-20(18,11-6-2-1-3-7-11)14-10-13(16-19-14)12-8-4-5-9-15-12/h1-9,14H,10H2. The van der Waals surface area contributed by atoms with E-state index in [0.29, 0.717) is 11.4 Å². The smallest absolute Gasteiger partial charge is 0.237 e. The molecule has 2 aromatic rings. The number of hydrogen-bond acceptors (Lipinski definition) is 5. The van der Waals surface area contributed by atoms with Crippen molar-refractivity contribution in [1.82, 2.24) is 4.98 Å². The van der Waals surface area contributed by atoms with E-state index >= 15 is 0 Å². The van der Waals surface area contributed by atoms with Crippen molar-refractivity contribution in [3.63, 3.8) is 0 Å². The fourth-order valence-corrected chi connectivity index (χ4v) is 3.34. The summed E-state index contributed by atoms with van der Waals surface area (Å²) in [5.41, 5.74) is 0.204. The second-order valence-electron chi connectivity index (χ2n) is 4.35. The van der Waals surface area contributed by atoms with Crippen molar-refractivity contribution in [1.29, 1.82) is 0 Å². The fraction of sp³-hybridized carbons (Fsp3) is 0.143. The van der Waals surface area contributed by atoms with E-state index in [0.717, 1.165) is 0 Å². The molecule has 0 amide bonds. The van der Waals surface area contributed by atoms with Crippen LogP contribution in [0.2, 0.25) is 0 Å². The SMILES string of the molecule is O=S(=O)(c1ccccc1)C1CC(c2ccccn2)=NO1. The van der Waals surface area contributed by atoms with Crippen molar-refractivity contribution in [3.8, 4) is 0 Å². The Kier molecular flexibility index (Phi) is 3.23. The summed E-state index contributed by atoms with van der Waals surface area (Å²) < 4.78 is 24.8. The van der Waals surface area contributed by atoms with Gasteiger partial charge in [-0.15, -0.1) is 0 Å². The molecule has 1 aliphatic heterocycles. The van der Waals surface area contributed by atoms with Gasteiger partial charge in [0.25, 0.3) is 0 Å². The zero-order valence-corrected chi connectivity index (χ0v) is 11.3. The average molecular weight is 288 g/mol. The Labute approximate surface area is 116 Å². The van der Waals surface area contributed by atoms with E-state index in [9.17, 15) is 8.42 Å². The van der Waals surface area contributed by atoms with Gasteiger partial charge in [-0.1, -0.05) is 29.4 Å². The molecule has 0 N–H and O–H groups in total. The lowest BCUT2D eigenvalue weighted by atomic mass is 10.2. The number of nitrogens with zero attached hydrogens (tertiary/aromatic N) is 2. The molecule has 1 unspecified atom stereocenters. The van der Waals surface area contributed by atoms with Gasteiger partial charge >= 0.3 is 0 Å². The van der Waals surface area contributed by atoms with Gasteiger partial charge in [0.1, 0.15) is 5.71 Å². The van der Waals surface area contributed by atoms with E-state index in [2.05, 4.69) is 10.1 Å². The Morgan fingerprint density at radius 1 is 1.05 bits per heavy atom. The first-order valence-electron chi connectivity index (χ1n) is 6.11. The van der Waals surface area contributed by atoms with Crippen LogP contribution < -0.4 is 0 Å². The molecular weight excluding hydrogens is 276 g/mol. The molecule has 20 heavy (non-hydrogen) atoms. The molecule has 2 heterocycles. The van der Waals surface area contributed by atoms with Gasteiger partial charge in [0.15, 0.2) is 0 Å². The van der Waals surface area contributed by atoms with Crippen molar-refractivity contribution in [2.24, 2.45) is 5.16 Å². The normalized spacial score (nSPS) is 18.4. The number of oxime groups is 1. The van der Waals surface area contributed by atoms with Crippen LogP contribution in [0, 0.1) is 0 Å². The van der Waals surface area contributed by atoms with Crippen molar-refractivity contribution in [3.05, 3.63) is 60.4 Å². The molecule has 5 nitrogen and oxygen atoms in total. The Morgan fingerprint density at radius 3 is 2.50 bits per heavy atom. The van der Waals surface area contributed by atoms with Gasteiger partial charge in [-0.3, -0.25) is 4.98 Å². The molecule has 1 aromatic carbocycles. The maximum atomic E-state index is 12.4. The lowest BCUT2D eigenvalue weighted by Crippen LogP contribution is -2.21. The summed E-state index contributed by atoms with van der Waals surface area (Å²) in [6.07, 6.45) is 1.84. The van der Waals surface area contributed by atoms with E-state index in [1.54, 1.807) is 48.7 Å². The van der Waals surface area contributed by atoms with Crippen LogP contribution in [0.3, 0.4) is 0 Å². The monoisotopic (exact) mass is 288 g/mol. The summed E-state index contributed by atoms with van der Waals surface area (Å²) in [6, 6.07) is 13.6. The Bertz CT molecular complexity index is 728. The summed E-state index contributed by atoms with van der Waals surface area (Å²) in [5.74, 6) is 0. The molecule has 0 saturated carbocycles. The second kappa shape index (κ2) is 5.05. The minimum absolute atomic E-state index is 0.203. The molecule has 0 radical (unpaired) electrons. The average Bonchev–Trinajstić information content (AvgIpc) is 3.00. The van der Waals surface area contributed by atoms with Crippen LogP contribution in [0.1, 0.15) is 12.1 Å². The Balaban J connectivity index is 1.83. The minimum atomic E-state index is -3.54. The zero-order valence-electron chi connectivity index (χ0n) is 10.5. The topological polar surface area (TPSA) is 68.6 Å². The number of aromatic nitrogens is 1. The van der Waals surface area contributed by atoms with Crippen LogP contribution in [0.25, 0.3) is 0 Å². The summed E-state index contributed by atoms with van der Waals surface area (Å²) >= 11 is 0. The predicted molar refractivity (Wildman–Crippen MR) is 73.9 cm³/mol. The minimum Gasteiger partial charge on any atom is -0.375 e. The summed E-state index contributed by atoms with van der Waals surface area (Å²) in [5, 5.41) is 3.85. The summed E-state index contributed by atoms with van der Waals surface area (Å²) in [4.78, 5) is 9.48. The molecule has 0 aliphatic carbocycles. The highest BCUT2D eigenvalue weighted by molar-refractivity contribution is 7.92. The first-order chi connectivity index (χ1) is 9.68. The van der Waals surface area contributed by atoms with Gasteiger partial charge in [-0.05, 0) is 24.3 Å². The van der Waals surface area contributed by atoms with Gasteiger partial charge in [0.05, 0.1) is 17.0 Å². The van der Waals surface area contributed by atoms with Crippen LogP contribution in [-0.4, -0.2) is 24.5 Å². The third-order valence-corrected chi connectivity index (χ3v) is 4.89. The van der Waals surface area contributed by atoms with Crippen molar-refractivity contribution in [2.45, 2.75) is 16.8 Å². The van der Waals surface area contributed by atoms with Gasteiger partial charge < -0.3 is 4.84 Å². The van der Waals surface area contributed by atoms with E-state index in [1.165, 1.54) is 0 Å². The Morgan fingerprint density at radius 2 is 1.80 bits per heavy atom. The quantitative estimate of drug-likeness (QED) is 0.866. The fourth-order valence-electron chi connectivity index (χ4n) is 1.97. The maximum absolute atomic E-state index is 12.4. The van der Waals surface area contributed by atoms with Crippen molar-refractivity contribution < 1.29 is 13.3 Å². The highest BCUT2D eigenvalue weighted by Crippen LogP contribution is 2.25. The molecule has 1 atom stereocenters. The number of hydrogen-bond donors (Lipinski definition) is 0. The third kappa shape index (κ3) is 2.30. The second-order valence-corrected chi connectivity index (χ2v) is 6.44. The molecule has 1 aliphatic rings. The van der Waals surface area contributed by atoms with Crippen molar-refractivity contribution >= 4 is 15.5 Å². The number of rotatable bonds is 3. The molecular formula is C14H12N2O3S. The van der Waals surface area contributed by atoms with E-state index in [-0.39, 0.29) is 11.3 Å². The maximum Gasteiger partial charge on any atom is 0.237 e. The van der Waals surface area contributed by atoms with Crippen LogP contribution in [0.5, 0.6) is 0 Å². The van der Waals surface area contributed by atoms with Gasteiger partial charge in [0, 0.05) is 6.20 Å². The van der Waals surface area contributed by atoms with Gasteiger partial charge in [-0.25, -0.2) is 8.42 Å². The van der Waals surface area contributed by atoms with E-state index in [4.69, 9.17) is 4.84 Å². The van der Waals surface area contributed by atoms with Crippen LogP contribution in [-0.2, 0) is 14.7 Å². The highest BCUT2D eigenvalue weighted by atomic mass is 32.2. The summed E-state index contributed by atoms with van der Waals surface area (Å²) in [7, 11) is -3.54. The number of benzene rings is 1. The van der Waals surface area contributed by atoms with Crippen LogP contribution in [0.4, 0.5) is 0 Å². The van der Waals surface area contributed by atoms with E-state index < -0.39 is 15.3 Å². The summed E-state index contributed by atoms with van der Waals surface area (Å²) in [6.45, 7) is 0. The van der Waals surface area contributed by atoms with Crippen molar-refractivity contribution in [2.75, 3.05) is 0 Å². The first kappa shape index (κ1) is 12.8. The zero-order chi connectivity index (χ0) is 14.0. The number of pyridine rings is 1. The first-order valence-corrected chi connectivity index (χ1v) is 7.65. The lowest BCUT2D eigenvalue weighted by Gasteiger charge is -2.09. The largest absolute Gasteiger partial charge is 0.375 e. The molecule has 102 valence electrons. The number of sulfone groups is 1. The van der Waals surface area contributed by atoms with Crippen LogP contribution >= 0.6 is 0 Å². The predicted octanol–water partition coefficient (Wildman–Crippen LogP) is 2.01. The molecule has 3 rings (SSSR count). The van der Waals surface area contributed by atoms with Gasteiger partial charge in [0.2, 0.25) is 15.3 Å². The van der Waals surface area contributed by atoms with Gasteiger partial charge in [-0.2, -0.15) is 0 Å². The lowest BCUT2D eigenvalue weighted by molar-refractivity contribution is 0.140. The molecule has 1 aromatic heterocycles. The molecule has 0 spiro atoms. The Hall–Kier alpha value is -2.21. The molecule has 0 bridgehead atoms.